The lowest BCUT2D eigenvalue weighted by atomic mass is 10.1. The summed E-state index contributed by atoms with van der Waals surface area (Å²) >= 11 is 1.63. The molecule has 0 spiro atoms. The highest BCUT2D eigenvalue weighted by Gasteiger charge is 2.27. The van der Waals surface area contributed by atoms with Crippen molar-refractivity contribution in [1.82, 2.24) is 4.31 Å². The first-order valence-corrected chi connectivity index (χ1v) is 11.5. The van der Waals surface area contributed by atoms with Gasteiger partial charge in [-0.25, -0.2) is 8.42 Å². The third kappa shape index (κ3) is 4.66. The van der Waals surface area contributed by atoms with Crippen LogP contribution in [0.5, 0.6) is 5.75 Å². The summed E-state index contributed by atoms with van der Waals surface area (Å²) in [7, 11) is -3.68. The summed E-state index contributed by atoms with van der Waals surface area (Å²) in [6.45, 7) is 6.79. The Hall–Kier alpha value is -2.09. The van der Waals surface area contributed by atoms with Crippen molar-refractivity contribution in [2.75, 3.05) is 13.2 Å². The average molecular weight is 420 g/mol. The molecule has 0 aliphatic carbocycles. The molecular weight excluding hydrogens is 394 g/mol. The predicted octanol–water partition coefficient (Wildman–Crippen LogP) is 4.79. The summed E-state index contributed by atoms with van der Waals surface area (Å²) in [4.78, 5) is 1.43. The van der Waals surface area contributed by atoms with Crippen molar-refractivity contribution in [3.05, 3.63) is 69.8 Å². The van der Waals surface area contributed by atoms with Crippen LogP contribution < -0.4 is 4.74 Å². The molecule has 1 aromatic carbocycles. The minimum Gasteiger partial charge on any atom is -0.493 e. The minimum atomic E-state index is -3.68. The van der Waals surface area contributed by atoms with Crippen LogP contribution in [0.3, 0.4) is 0 Å². The van der Waals surface area contributed by atoms with Crippen LogP contribution in [0, 0.1) is 13.8 Å². The van der Waals surface area contributed by atoms with Crippen molar-refractivity contribution in [2.45, 2.75) is 38.6 Å². The number of thiophene rings is 1. The molecule has 150 valence electrons. The third-order valence-corrected chi connectivity index (χ3v) is 7.22. The Balaban J connectivity index is 1.92. The maximum absolute atomic E-state index is 13.4. The zero-order chi connectivity index (χ0) is 20.1. The predicted molar refractivity (Wildman–Crippen MR) is 111 cm³/mol. The zero-order valence-corrected chi connectivity index (χ0v) is 18.0. The van der Waals surface area contributed by atoms with Gasteiger partial charge in [0.05, 0.1) is 24.3 Å². The second-order valence-electron chi connectivity index (χ2n) is 6.57. The van der Waals surface area contributed by atoms with Crippen LogP contribution in [-0.2, 0) is 23.0 Å². The van der Waals surface area contributed by atoms with Gasteiger partial charge in [0.15, 0.2) is 0 Å². The van der Waals surface area contributed by atoms with Crippen LogP contribution >= 0.6 is 11.3 Å². The van der Waals surface area contributed by atoms with Crippen LogP contribution in [0.1, 0.15) is 28.7 Å². The maximum atomic E-state index is 13.4. The van der Waals surface area contributed by atoms with Gasteiger partial charge in [-0.15, -0.1) is 11.3 Å². The molecule has 28 heavy (non-hydrogen) atoms. The summed E-state index contributed by atoms with van der Waals surface area (Å²) in [5, 5.41) is 2.00. The van der Waals surface area contributed by atoms with Crippen LogP contribution in [0.15, 0.2) is 57.4 Å². The molecule has 0 atom stereocenters. The van der Waals surface area contributed by atoms with Gasteiger partial charge < -0.3 is 9.15 Å². The molecular formula is C21H25NO4S2. The highest BCUT2D eigenvalue weighted by molar-refractivity contribution is 7.89. The highest BCUT2D eigenvalue weighted by Crippen LogP contribution is 2.29. The van der Waals surface area contributed by atoms with Crippen molar-refractivity contribution in [2.24, 2.45) is 0 Å². The Kier molecular flexibility index (Phi) is 6.59. The van der Waals surface area contributed by atoms with Crippen LogP contribution in [0.4, 0.5) is 0 Å². The SMILES string of the molecule is CCOc1c(C)cc(S(=O)(=O)N(CCc2cccs2)Cc2ccco2)cc1C. The largest absolute Gasteiger partial charge is 0.493 e. The molecule has 0 saturated carbocycles. The van der Waals surface area contributed by atoms with E-state index in [1.165, 1.54) is 4.31 Å². The Labute approximate surface area is 170 Å². The summed E-state index contributed by atoms with van der Waals surface area (Å²) in [6.07, 6.45) is 2.22. The standard InChI is InChI=1S/C21H25NO4S2/c1-4-25-21-16(2)13-20(14-17(21)3)28(23,24)22(15-18-7-5-11-26-18)10-9-19-8-6-12-27-19/h5-8,11-14H,4,9-10,15H2,1-3H3. The first-order chi connectivity index (χ1) is 13.4. The van der Waals surface area contributed by atoms with Crippen LogP contribution in [0.25, 0.3) is 0 Å². The Morgan fingerprint density at radius 3 is 2.46 bits per heavy atom. The molecule has 0 saturated heterocycles. The van der Waals surface area contributed by atoms with Crippen molar-refractivity contribution in [1.29, 1.82) is 0 Å². The van der Waals surface area contributed by atoms with Gasteiger partial charge in [-0.3, -0.25) is 0 Å². The number of hydrogen-bond acceptors (Lipinski definition) is 5. The van der Waals surface area contributed by atoms with Crippen molar-refractivity contribution in [3.63, 3.8) is 0 Å². The van der Waals surface area contributed by atoms with Gasteiger partial charge in [-0.2, -0.15) is 4.31 Å². The lowest BCUT2D eigenvalue weighted by Crippen LogP contribution is -2.32. The summed E-state index contributed by atoms with van der Waals surface area (Å²) in [5.74, 6) is 1.37. The van der Waals surface area contributed by atoms with Crippen molar-refractivity contribution >= 4 is 21.4 Å². The number of ether oxygens (including phenoxy) is 1. The van der Waals surface area contributed by atoms with Gasteiger partial charge in [0.1, 0.15) is 11.5 Å². The molecule has 5 nitrogen and oxygen atoms in total. The topological polar surface area (TPSA) is 59.8 Å². The molecule has 0 N–H and O–H groups in total. The van der Waals surface area contributed by atoms with Gasteiger partial charge in [0, 0.05) is 11.4 Å². The summed E-state index contributed by atoms with van der Waals surface area (Å²) < 4.78 is 39.4. The monoisotopic (exact) mass is 419 g/mol. The first-order valence-electron chi connectivity index (χ1n) is 9.20. The highest BCUT2D eigenvalue weighted by atomic mass is 32.2. The minimum absolute atomic E-state index is 0.200. The molecule has 0 unspecified atom stereocenters. The van der Waals surface area contributed by atoms with Gasteiger partial charge in [0.25, 0.3) is 0 Å². The van der Waals surface area contributed by atoms with Crippen LogP contribution in [0.2, 0.25) is 0 Å². The number of aryl methyl sites for hydroxylation is 2. The van der Waals surface area contributed by atoms with Gasteiger partial charge in [-0.05, 0) is 74.0 Å². The number of furan rings is 1. The van der Waals surface area contributed by atoms with E-state index in [0.717, 1.165) is 21.8 Å². The fraction of sp³-hybridized carbons (Fsp3) is 0.333. The van der Waals surface area contributed by atoms with E-state index < -0.39 is 10.0 Å². The third-order valence-electron chi connectivity index (χ3n) is 4.46. The number of sulfonamides is 1. The molecule has 0 fully saturated rings. The fourth-order valence-electron chi connectivity index (χ4n) is 3.13. The fourth-order valence-corrected chi connectivity index (χ4v) is 5.41. The molecule has 0 amide bonds. The van der Waals surface area contributed by atoms with E-state index in [4.69, 9.17) is 9.15 Å². The molecule has 2 heterocycles. The zero-order valence-electron chi connectivity index (χ0n) is 16.3. The Morgan fingerprint density at radius 2 is 1.89 bits per heavy atom. The van der Waals surface area contributed by atoms with Crippen LogP contribution in [-0.4, -0.2) is 25.9 Å². The molecule has 0 aliphatic heterocycles. The van der Waals surface area contributed by atoms with E-state index >= 15 is 0 Å². The summed E-state index contributed by atoms with van der Waals surface area (Å²) in [5.41, 5.74) is 1.63. The normalized spacial score (nSPS) is 11.9. The van der Waals surface area contributed by atoms with Crippen molar-refractivity contribution in [3.8, 4) is 5.75 Å². The molecule has 0 radical (unpaired) electrons. The molecule has 0 aliphatic rings. The number of nitrogens with zero attached hydrogens (tertiary/aromatic N) is 1. The molecule has 3 aromatic rings. The lowest BCUT2D eigenvalue weighted by molar-refractivity contribution is 0.335. The first kappa shape index (κ1) is 20.6. The Bertz CT molecular complexity index is 970. The molecule has 2 aromatic heterocycles. The number of benzene rings is 1. The smallest absolute Gasteiger partial charge is 0.243 e. The molecule has 3 rings (SSSR count). The van der Waals surface area contributed by atoms with E-state index in [9.17, 15) is 8.42 Å². The van der Waals surface area contributed by atoms with Gasteiger partial charge in [0.2, 0.25) is 10.0 Å². The Morgan fingerprint density at radius 1 is 1.14 bits per heavy atom. The number of hydrogen-bond donors (Lipinski definition) is 0. The van der Waals surface area contributed by atoms with E-state index in [1.54, 1.807) is 41.9 Å². The van der Waals surface area contributed by atoms with Gasteiger partial charge >= 0.3 is 0 Å². The second-order valence-corrected chi connectivity index (χ2v) is 9.54. The lowest BCUT2D eigenvalue weighted by Gasteiger charge is -2.22. The van der Waals surface area contributed by atoms with Gasteiger partial charge in [-0.1, -0.05) is 6.07 Å². The maximum Gasteiger partial charge on any atom is 0.243 e. The van der Waals surface area contributed by atoms with E-state index in [-0.39, 0.29) is 11.4 Å². The number of rotatable bonds is 9. The average Bonchev–Trinajstić information content (AvgIpc) is 3.35. The summed E-state index contributed by atoms with van der Waals surface area (Å²) in [6, 6.07) is 10.9. The quantitative estimate of drug-likeness (QED) is 0.500. The van der Waals surface area contributed by atoms with E-state index in [2.05, 4.69) is 0 Å². The van der Waals surface area contributed by atoms with E-state index in [1.807, 2.05) is 38.3 Å². The van der Waals surface area contributed by atoms with E-state index in [0.29, 0.717) is 25.3 Å². The molecule has 7 heteroatoms. The molecule has 0 bridgehead atoms. The second kappa shape index (κ2) is 8.94. The van der Waals surface area contributed by atoms with Crippen molar-refractivity contribution < 1.29 is 17.6 Å².